The van der Waals surface area contributed by atoms with Gasteiger partial charge in [-0.2, -0.15) is 5.26 Å². The molecule has 0 spiro atoms. The van der Waals surface area contributed by atoms with E-state index in [4.69, 9.17) is 10.00 Å². The van der Waals surface area contributed by atoms with E-state index in [1.807, 2.05) is 6.92 Å². The van der Waals surface area contributed by atoms with Crippen LogP contribution in [0, 0.1) is 27.3 Å². The van der Waals surface area contributed by atoms with Crippen LogP contribution in [0.4, 0.5) is 10.1 Å². The molecule has 21 heavy (non-hydrogen) atoms. The van der Waals surface area contributed by atoms with E-state index in [0.717, 1.165) is 6.07 Å². The third-order valence-corrected chi connectivity index (χ3v) is 2.96. The molecular weight excluding hydrogens is 277 g/mol. The summed E-state index contributed by atoms with van der Waals surface area (Å²) in [5.74, 6) is -0.858. The molecule has 0 heterocycles. The summed E-state index contributed by atoms with van der Waals surface area (Å²) in [5.41, 5.74) is -1.10. The molecule has 0 saturated carbocycles. The Bertz CT molecular complexity index is 559. The molecule has 0 amide bonds. The number of nitriles is 1. The predicted octanol–water partition coefficient (Wildman–Crippen LogP) is 2.78. The number of rotatable bonds is 7. The number of nitro benzene ring substituents is 1. The summed E-state index contributed by atoms with van der Waals surface area (Å²) in [6.07, 6.45) is -0.0713. The fraction of sp³-hybridized carbons (Fsp3) is 0.500. The van der Waals surface area contributed by atoms with Crippen molar-refractivity contribution in [1.29, 1.82) is 5.26 Å². The van der Waals surface area contributed by atoms with Crippen LogP contribution in [-0.4, -0.2) is 23.1 Å². The maximum absolute atomic E-state index is 13.7. The lowest BCUT2D eigenvalue weighted by atomic mass is 9.96. The molecule has 0 saturated heterocycles. The second kappa shape index (κ2) is 6.99. The topological polar surface area (TPSA) is 88.2 Å². The Morgan fingerprint density at radius 3 is 2.76 bits per heavy atom. The fourth-order valence-corrected chi connectivity index (χ4v) is 2.08. The number of ether oxygens (including phenoxy) is 1. The lowest BCUT2D eigenvalue weighted by Crippen LogP contribution is -2.44. The van der Waals surface area contributed by atoms with Gasteiger partial charge in [-0.3, -0.25) is 15.4 Å². The molecule has 0 aliphatic carbocycles. The minimum atomic E-state index is -0.793. The second-order valence-corrected chi connectivity index (χ2v) is 4.98. The van der Waals surface area contributed by atoms with Gasteiger partial charge in [0, 0.05) is 12.5 Å². The van der Waals surface area contributed by atoms with E-state index < -0.39 is 22.4 Å². The van der Waals surface area contributed by atoms with Crippen molar-refractivity contribution in [3.8, 4) is 11.8 Å². The largest absolute Gasteiger partial charge is 0.488 e. The number of benzene rings is 1. The molecule has 1 N–H and O–H groups in total. The van der Waals surface area contributed by atoms with Gasteiger partial charge in [-0.15, -0.1) is 0 Å². The molecule has 0 bridgehead atoms. The number of hydrogen-bond acceptors (Lipinski definition) is 5. The maximum Gasteiger partial charge on any atom is 0.272 e. The summed E-state index contributed by atoms with van der Waals surface area (Å²) in [7, 11) is 0. The molecule has 114 valence electrons. The van der Waals surface area contributed by atoms with Crippen LogP contribution >= 0.6 is 0 Å². The van der Waals surface area contributed by atoms with Crippen molar-refractivity contribution in [3.05, 3.63) is 34.1 Å². The molecular formula is C14H18FN3O3. The van der Waals surface area contributed by atoms with Crippen molar-refractivity contribution in [3.63, 3.8) is 0 Å². The molecule has 0 fully saturated rings. The van der Waals surface area contributed by atoms with E-state index in [0.29, 0.717) is 13.0 Å². The summed E-state index contributed by atoms with van der Waals surface area (Å²) < 4.78 is 19.2. The van der Waals surface area contributed by atoms with Gasteiger partial charge in [-0.05, 0) is 26.5 Å². The monoisotopic (exact) mass is 295 g/mol. The van der Waals surface area contributed by atoms with E-state index in [1.54, 1.807) is 13.8 Å². The average molecular weight is 295 g/mol. The minimum absolute atomic E-state index is 0.0649. The summed E-state index contributed by atoms with van der Waals surface area (Å²) in [4.78, 5) is 9.87. The van der Waals surface area contributed by atoms with Crippen molar-refractivity contribution in [2.75, 3.05) is 6.54 Å². The quantitative estimate of drug-likeness (QED) is 0.617. The first-order valence-electron chi connectivity index (χ1n) is 6.58. The third kappa shape index (κ3) is 4.68. The number of hydrogen-bond donors (Lipinski definition) is 1. The van der Waals surface area contributed by atoms with E-state index >= 15 is 0 Å². The van der Waals surface area contributed by atoms with E-state index in [1.165, 1.54) is 12.1 Å². The summed E-state index contributed by atoms with van der Waals surface area (Å²) in [5, 5.41) is 22.7. The minimum Gasteiger partial charge on any atom is -0.488 e. The Hall–Kier alpha value is -2.20. The van der Waals surface area contributed by atoms with Crippen LogP contribution in [0.1, 0.15) is 27.2 Å². The molecule has 1 aromatic carbocycles. The normalized spacial score (nSPS) is 14.8. The summed E-state index contributed by atoms with van der Waals surface area (Å²) in [6.45, 7) is 5.97. The Kier molecular flexibility index (Phi) is 5.61. The third-order valence-electron chi connectivity index (χ3n) is 2.96. The van der Waals surface area contributed by atoms with Gasteiger partial charge in [0.25, 0.3) is 5.69 Å². The first-order valence-corrected chi connectivity index (χ1v) is 6.58. The van der Waals surface area contributed by atoms with Crippen molar-refractivity contribution in [1.82, 2.24) is 5.32 Å². The highest BCUT2D eigenvalue weighted by Crippen LogP contribution is 2.25. The van der Waals surface area contributed by atoms with Crippen LogP contribution in [0.3, 0.4) is 0 Å². The van der Waals surface area contributed by atoms with Crippen molar-refractivity contribution in [2.45, 2.75) is 38.8 Å². The number of non-ortho nitro benzene ring substituents is 1. The summed E-state index contributed by atoms with van der Waals surface area (Å²) in [6, 6.07) is 5.38. The molecule has 0 aromatic heterocycles. The van der Waals surface area contributed by atoms with Gasteiger partial charge in [0.1, 0.15) is 5.54 Å². The fourth-order valence-electron chi connectivity index (χ4n) is 2.08. The zero-order chi connectivity index (χ0) is 16.0. The number of nitro groups is 1. The Labute approximate surface area is 122 Å². The second-order valence-electron chi connectivity index (χ2n) is 4.98. The highest BCUT2D eigenvalue weighted by molar-refractivity contribution is 5.37. The molecule has 0 aliphatic heterocycles. The molecule has 1 aromatic rings. The van der Waals surface area contributed by atoms with Crippen LogP contribution in [0.15, 0.2) is 18.2 Å². The number of nitrogens with zero attached hydrogens (tertiary/aromatic N) is 2. The molecule has 2 atom stereocenters. The standard InChI is InChI=1S/C14H18FN3O3/c1-4-17-14(3,9-16)8-10(2)21-13-6-5-11(18(19)20)7-12(13)15/h5-7,10,17H,4,8H2,1-3H3. The lowest BCUT2D eigenvalue weighted by molar-refractivity contribution is -0.385. The Morgan fingerprint density at radius 1 is 1.62 bits per heavy atom. The molecule has 0 aliphatic rings. The van der Waals surface area contributed by atoms with Gasteiger partial charge in [-0.1, -0.05) is 6.92 Å². The Morgan fingerprint density at radius 2 is 2.29 bits per heavy atom. The van der Waals surface area contributed by atoms with Gasteiger partial charge in [0.15, 0.2) is 11.6 Å². The summed E-state index contributed by atoms with van der Waals surface area (Å²) >= 11 is 0. The molecule has 7 heteroatoms. The predicted molar refractivity (Wildman–Crippen MR) is 75.5 cm³/mol. The van der Waals surface area contributed by atoms with Crippen molar-refractivity contribution < 1.29 is 14.1 Å². The maximum atomic E-state index is 13.7. The van der Waals surface area contributed by atoms with Crippen LogP contribution in [0.2, 0.25) is 0 Å². The highest BCUT2D eigenvalue weighted by atomic mass is 19.1. The van der Waals surface area contributed by atoms with Gasteiger partial charge in [-0.25, -0.2) is 4.39 Å². The zero-order valence-electron chi connectivity index (χ0n) is 12.2. The molecule has 0 radical (unpaired) electrons. The average Bonchev–Trinajstić information content (AvgIpc) is 2.41. The van der Waals surface area contributed by atoms with E-state index in [-0.39, 0.29) is 11.4 Å². The van der Waals surface area contributed by atoms with Gasteiger partial charge in [0.2, 0.25) is 0 Å². The SMILES string of the molecule is CCNC(C)(C#N)CC(C)Oc1ccc([N+](=O)[O-])cc1F. The van der Waals surface area contributed by atoms with E-state index in [2.05, 4.69) is 11.4 Å². The van der Waals surface area contributed by atoms with E-state index in [9.17, 15) is 14.5 Å². The smallest absolute Gasteiger partial charge is 0.272 e. The van der Waals surface area contributed by atoms with Crippen LogP contribution in [-0.2, 0) is 0 Å². The van der Waals surface area contributed by atoms with Crippen molar-refractivity contribution >= 4 is 5.69 Å². The van der Waals surface area contributed by atoms with Gasteiger partial charge in [0.05, 0.1) is 23.2 Å². The zero-order valence-corrected chi connectivity index (χ0v) is 12.2. The van der Waals surface area contributed by atoms with Crippen LogP contribution in [0.5, 0.6) is 5.75 Å². The molecule has 6 nitrogen and oxygen atoms in total. The van der Waals surface area contributed by atoms with Gasteiger partial charge >= 0.3 is 0 Å². The molecule has 2 unspecified atom stereocenters. The Balaban J connectivity index is 2.77. The van der Waals surface area contributed by atoms with Crippen molar-refractivity contribution in [2.24, 2.45) is 0 Å². The van der Waals surface area contributed by atoms with Crippen LogP contribution < -0.4 is 10.1 Å². The number of nitrogens with one attached hydrogen (secondary N) is 1. The first-order chi connectivity index (χ1) is 9.81. The number of halogens is 1. The molecule has 1 rings (SSSR count). The van der Waals surface area contributed by atoms with Gasteiger partial charge < -0.3 is 4.74 Å². The highest BCUT2D eigenvalue weighted by Gasteiger charge is 2.26. The van der Waals surface area contributed by atoms with Crippen LogP contribution in [0.25, 0.3) is 0 Å². The first kappa shape index (κ1) is 16.9. The lowest BCUT2D eigenvalue weighted by Gasteiger charge is -2.26.